The first kappa shape index (κ1) is 32.9. The van der Waals surface area contributed by atoms with E-state index in [0.717, 1.165) is 6.54 Å². The quantitative estimate of drug-likeness (QED) is 0.200. The van der Waals surface area contributed by atoms with Gasteiger partial charge in [0.2, 0.25) is 0 Å². The Morgan fingerprint density at radius 1 is 0.429 bits per heavy atom. The van der Waals surface area contributed by atoms with Crippen molar-refractivity contribution in [1.29, 1.82) is 0 Å². The molecule has 0 aliphatic carbocycles. The van der Waals surface area contributed by atoms with Crippen molar-refractivity contribution in [3.8, 4) is 0 Å². The maximum Gasteiger partial charge on any atom is -0.00773 e. The molecule has 0 unspecified atom stereocenters. The molecule has 0 atom stereocenters. The van der Waals surface area contributed by atoms with E-state index in [9.17, 15) is 0 Å². The molecule has 0 radical (unpaired) electrons. The van der Waals surface area contributed by atoms with Crippen molar-refractivity contribution in [2.75, 3.05) is 27.7 Å². The predicted molar refractivity (Wildman–Crippen MR) is 134 cm³/mol. The Labute approximate surface area is 186 Å². The first-order valence-electron chi connectivity index (χ1n) is 12.5. The molecule has 2 N–H and O–H groups in total. The van der Waals surface area contributed by atoms with Crippen molar-refractivity contribution >= 4 is 12.4 Å². The number of nitrogens with zero attached hydrogens (tertiary/aromatic N) is 1. The summed E-state index contributed by atoms with van der Waals surface area (Å²) in [6.45, 7) is 3.17. The topological polar surface area (TPSA) is 29.3 Å². The summed E-state index contributed by atoms with van der Waals surface area (Å²) in [5.74, 6) is 0. The van der Waals surface area contributed by atoms with Gasteiger partial charge in [-0.25, -0.2) is 0 Å². The van der Waals surface area contributed by atoms with Crippen LogP contribution in [0.2, 0.25) is 0 Å². The monoisotopic (exact) mass is 420 g/mol. The summed E-state index contributed by atoms with van der Waals surface area (Å²) in [5.41, 5.74) is 5.51. The van der Waals surface area contributed by atoms with Gasteiger partial charge < -0.3 is 10.6 Å². The van der Waals surface area contributed by atoms with Crippen LogP contribution in [0.1, 0.15) is 135 Å². The van der Waals surface area contributed by atoms with Crippen LogP contribution in [0.4, 0.5) is 0 Å². The molecule has 0 aromatic heterocycles. The molecule has 0 rings (SSSR count). The first-order chi connectivity index (χ1) is 13.1. The number of rotatable bonds is 20. The molecule has 174 valence electrons. The molecule has 28 heavy (non-hydrogen) atoms. The molecule has 3 heteroatoms. The van der Waals surface area contributed by atoms with E-state index in [1.807, 2.05) is 26.0 Å². The smallest absolute Gasteiger partial charge is 0.00773 e. The minimum absolute atomic E-state index is 0. The Hall–Kier alpha value is 0.210. The highest BCUT2D eigenvalue weighted by Gasteiger charge is 1.95. The van der Waals surface area contributed by atoms with Gasteiger partial charge in [-0.3, -0.25) is 0 Å². The standard InChI is InChI=1S/C22H47N.C3H9N.ClH/c1-2-3-4-5-6-7-8-9-10-11-12-13-14-15-16-17-18-19-20-21-22-23;1-4(2)3;/h2-23H2,1H3;1-3H3;1H. The molecule has 0 spiro atoms. The number of hydrogen-bond donors (Lipinski definition) is 1. The van der Waals surface area contributed by atoms with Gasteiger partial charge >= 0.3 is 0 Å². The van der Waals surface area contributed by atoms with E-state index in [2.05, 4.69) is 6.92 Å². The minimum Gasteiger partial charge on any atom is -0.330 e. The lowest BCUT2D eigenvalue weighted by atomic mass is 10.0. The van der Waals surface area contributed by atoms with E-state index in [0.29, 0.717) is 0 Å². The molecule has 0 aliphatic rings. The molecule has 0 aromatic carbocycles. The molecule has 0 aromatic rings. The second-order valence-corrected chi connectivity index (χ2v) is 8.85. The van der Waals surface area contributed by atoms with Gasteiger partial charge in [0.25, 0.3) is 0 Å². The van der Waals surface area contributed by atoms with Gasteiger partial charge in [0.05, 0.1) is 0 Å². The summed E-state index contributed by atoms with van der Waals surface area (Å²) in [7, 11) is 6.00. The Morgan fingerprint density at radius 3 is 0.786 bits per heavy atom. The van der Waals surface area contributed by atoms with Crippen molar-refractivity contribution in [2.24, 2.45) is 5.73 Å². The molecule has 0 amide bonds. The third-order valence-corrected chi connectivity index (χ3v) is 5.06. The Morgan fingerprint density at radius 2 is 0.607 bits per heavy atom. The van der Waals surface area contributed by atoms with Crippen molar-refractivity contribution in [3.63, 3.8) is 0 Å². The van der Waals surface area contributed by atoms with Gasteiger partial charge in [0, 0.05) is 0 Å². The van der Waals surface area contributed by atoms with Crippen LogP contribution in [-0.2, 0) is 0 Å². The largest absolute Gasteiger partial charge is 0.330 e. The second kappa shape index (κ2) is 31.9. The van der Waals surface area contributed by atoms with E-state index in [1.165, 1.54) is 128 Å². The fourth-order valence-electron chi connectivity index (χ4n) is 3.40. The molecule has 0 fully saturated rings. The van der Waals surface area contributed by atoms with E-state index < -0.39 is 0 Å². The summed E-state index contributed by atoms with van der Waals surface area (Å²) < 4.78 is 0. The van der Waals surface area contributed by atoms with E-state index in [1.54, 1.807) is 0 Å². The van der Waals surface area contributed by atoms with Crippen LogP contribution in [0.25, 0.3) is 0 Å². The van der Waals surface area contributed by atoms with Gasteiger partial charge in [-0.2, -0.15) is 0 Å². The summed E-state index contributed by atoms with van der Waals surface area (Å²) in [6.07, 6.45) is 28.8. The van der Waals surface area contributed by atoms with E-state index in [-0.39, 0.29) is 12.4 Å². The number of hydrogen-bond acceptors (Lipinski definition) is 2. The normalized spacial score (nSPS) is 10.5. The maximum absolute atomic E-state index is 5.51. The van der Waals surface area contributed by atoms with Crippen LogP contribution in [0.3, 0.4) is 0 Å². The lowest BCUT2D eigenvalue weighted by molar-refractivity contribution is 0.505. The van der Waals surface area contributed by atoms with Crippen molar-refractivity contribution in [2.45, 2.75) is 135 Å². The third-order valence-electron chi connectivity index (χ3n) is 5.06. The van der Waals surface area contributed by atoms with Crippen LogP contribution in [0.15, 0.2) is 0 Å². The maximum atomic E-state index is 5.51. The summed E-state index contributed by atoms with van der Waals surface area (Å²) in [6, 6.07) is 0. The highest BCUT2D eigenvalue weighted by atomic mass is 35.5. The fraction of sp³-hybridized carbons (Fsp3) is 1.00. The van der Waals surface area contributed by atoms with Crippen LogP contribution >= 0.6 is 12.4 Å². The minimum atomic E-state index is 0. The highest BCUT2D eigenvalue weighted by Crippen LogP contribution is 2.14. The first-order valence-corrected chi connectivity index (χ1v) is 12.5. The van der Waals surface area contributed by atoms with Crippen molar-refractivity contribution < 1.29 is 0 Å². The average Bonchev–Trinajstić information content (AvgIpc) is 2.63. The molecular weight excluding hydrogens is 364 g/mol. The van der Waals surface area contributed by atoms with Crippen molar-refractivity contribution in [1.82, 2.24) is 4.90 Å². The Kier molecular flexibility index (Phi) is 37.4. The SMILES string of the molecule is CCCCCCCCCCCCCCCCCCCCCCN.CN(C)C.Cl. The molecule has 0 bridgehead atoms. The van der Waals surface area contributed by atoms with Crippen LogP contribution in [0.5, 0.6) is 0 Å². The van der Waals surface area contributed by atoms with Gasteiger partial charge in [-0.1, -0.05) is 129 Å². The van der Waals surface area contributed by atoms with Gasteiger partial charge in [0.15, 0.2) is 0 Å². The average molecular weight is 421 g/mol. The van der Waals surface area contributed by atoms with Crippen molar-refractivity contribution in [3.05, 3.63) is 0 Å². The fourth-order valence-corrected chi connectivity index (χ4v) is 3.40. The lowest BCUT2D eigenvalue weighted by Crippen LogP contribution is -1.99. The second-order valence-electron chi connectivity index (χ2n) is 8.85. The molecule has 0 saturated carbocycles. The predicted octanol–water partition coefficient (Wildman–Crippen LogP) is 8.37. The summed E-state index contributed by atoms with van der Waals surface area (Å²) in [4.78, 5) is 2.00. The summed E-state index contributed by atoms with van der Waals surface area (Å²) in [5, 5.41) is 0. The highest BCUT2D eigenvalue weighted by molar-refractivity contribution is 5.85. The van der Waals surface area contributed by atoms with Crippen LogP contribution in [0, 0.1) is 0 Å². The molecule has 0 heterocycles. The van der Waals surface area contributed by atoms with E-state index >= 15 is 0 Å². The van der Waals surface area contributed by atoms with Gasteiger partial charge in [-0.05, 0) is 34.1 Å². The molecular formula is C25H57ClN2. The number of halogens is 1. The molecule has 0 aliphatic heterocycles. The van der Waals surface area contributed by atoms with Gasteiger partial charge in [-0.15, -0.1) is 12.4 Å². The van der Waals surface area contributed by atoms with E-state index in [4.69, 9.17) is 5.73 Å². The van der Waals surface area contributed by atoms with Crippen LogP contribution in [-0.4, -0.2) is 32.6 Å². The lowest BCUT2D eigenvalue weighted by Gasteiger charge is -2.04. The Balaban J connectivity index is -0.00000113. The third kappa shape index (κ3) is 40.8. The van der Waals surface area contributed by atoms with Crippen LogP contribution < -0.4 is 5.73 Å². The Bertz CT molecular complexity index is 212. The zero-order valence-electron chi connectivity index (χ0n) is 20.3. The number of nitrogens with two attached hydrogens (primary N) is 1. The zero-order chi connectivity index (χ0) is 20.4. The molecule has 2 nitrogen and oxygen atoms in total. The number of unbranched alkanes of at least 4 members (excludes halogenated alkanes) is 19. The molecule has 0 saturated heterocycles. The zero-order valence-corrected chi connectivity index (χ0v) is 21.1. The van der Waals surface area contributed by atoms with Gasteiger partial charge in [0.1, 0.15) is 0 Å². The summed E-state index contributed by atoms with van der Waals surface area (Å²) >= 11 is 0.